The molecule has 0 aromatic carbocycles. The van der Waals surface area contributed by atoms with E-state index in [2.05, 4.69) is 16.1 Å². The molecule has 0 radical (unpaired) electrons. The fraction of sp³-hybridized carbons (Fsp3) is 0.429. The minimum atomic E-state index is -0.332. The third-order valence-electron chi connectivity index (χ3n) is 1.20. The van der Waals surface area contributed by atoms with Crippen LogP contribution in [0.2, 0.25) is 0 Å². The Kier molecular flexibility index (Phi) is 2.24. The van der Waals surface area contributed by atoms with Crippen molar-refractivity contribution in [2.45, 2.75) is 19.4 Å². The van der Waals surface area contributed by atoms with E-state index in [1.165, 1.54) is 0 Å². The highest BCUT2D eigenvalue weighted by Crippen LogP contribution is 2.09. The Labute approximate surface area is 64.8 Å². The minimum absolute atomic E-state index is 0.332. The van der Waals surface area contributed by atoms with E-state index in [0.29, 0.717) is 18.1 Å². The van der Waals surface area contributed by atoms with Crippen LogP contribution in [0, 0.1) is 19.3 Å². The molecule has 1 aromatic rings. The van der Waals surface area contributed by atoms with E-state index in [4.69, 9.17) is 16.7 Å². The van der Waals surface area contributed by atoms with Crippen LogP contribution in [0.5, 0.6) is 0 Å². The third kappa shape index (κ3) is 1.79. The van der Waals surface area contributed by atoms with Crippen LogP contribution < -0.4 is 5.73 Å². The molecule has 1 heterocycles. The minimum Gasteiger partial charge on any atom is -0.338 e. The van der Waals surface area contributed by atoms with E-state index in [-0.39, 0.29) is 6.04 Å². The maximum atomic E-state index is 5.58. The quantitative estimate of drug-likeness (QED) is 0.621. The number of aromatic nitrogens is 2. The van der Waals surface area contributed by atoms with Crippen molar-refractivity contribution in [1.29, 1.82) is 0 Å². The van der Waals surface area contributed by atoms with Gasteiger partial charge in [-0.2, -0.15) is 4.98 Å². The van der Waals surface area contributed by atoms with Crippen LogP contribution in [0.15, 0.2) is 4.52 Å². The van der Waals surface area contributed by atoms with Crippen molar-refractivity contribution >= 4 is 0 Å². The molecule has 4 heteroatoms. The standard InChI is InChI=1S/C7H9N3O/c1-3-4-6(8)7-9-5(2)10-11-7/h1,6H,4,8H2,2H3. The summed E-state index contributed by atoms with van der Waals surface area (Å²) < 4.78 is 4.80. The number of hydrogen-bond acceptors (Lipinski definition) is 4. The third-order valence-corrected chi connectivity index (χ3v) is 1.20. The molecule has 0 spiro atoms. The van der Waals surface area contributed by atoms with Crippen LogP contribution >= 0.6 is 0 Å². The van der Waals surface area contributed by atoms with Crippen molar-refractivity contribution in [3.05, 3.63) is 11.7 Å². The first-order chi connectivity index (χ1) is 5.24. The van der Waals surface area contributed by atoms with E-state index < -0.39 is 0 Å². The Morgan fingerprint density at radius 1 is 1.82 bits per heavy atom. The molecule has 0 aliphatic rings. The number of rotatable bonds is 2. The van der Waals surface area contributed by atoms with Gasteiger partial charge in [-0.15, -0.1) is 12.3 Å². The molecular weight excluding hydrogens is 142 g/mol. The van der Waals surface area contributed by atoms with Gasteiger partial charge in [-0.25, -0.2) is 0 Å². The summed E-state index contributed by atoms with van der Waals surface area (Å²) in [4.78, 5) is 3.93. The lowest BCUT2D eigenvalue weighted by atomic mass is 10.2. The zero-order valence-electron chi connectivity index (χ0n) is 6.24. The van der Waals surface area contributed by atoms with E-state index in [9.17, 15) is 0 Å². The maximum Gasteiger partial charge on any atom is 0.244 e. The lowest BCUT2D eigenvalue weighted by Crippen LogP contribution is -2.09. The Morgan fingerprint density at radius 2 is 2.55 bits per heavy atom. The molecule has 2 N–H and O–H groups in total. The average molecular weight is 151 g/mol. The summed E-state index contributed by atoms with van der Waals surface area (Å²) in [6.07, 6.45) is 5.47. The van der Waals surface area contributed by atoms with Crippen LogP contribution in [0.4, 0.5) is 0 Å². The molecule has 0 fully saturated rings. The second kappa shape index (κ2) is 3.17. The predicted molar refractivity (Wildman–Crippen MR) is 39.4 cm³/mol. The lowest BCUT2D eigenvalue weighted by molar-refractivity contribution is 0.353. The number of terminal acetylenes is 1. The highest BCUT2D eigenvalue weighted by molar-refractivity contribution is 4.97. The van der Waals surface area contributed by atoms with Gasteiger partial charge in [-0.3, -0.25) is 0 Å². The molecule has 0 bridgehead atoms. The van der Waals surface area contributed by atoms with E-state index in [1.54, 1.807) is 6.92 Å². The molecule has 11 heavy (non-hydrogen) atoms. The topological polar surface area (TPSA) is 64.9 Å². The lowest BCUT2D eigenvalue weighted by Gasteiger charge is -1.98. The number of nitrogens with two attached hydrogens (primary N) is 1. The van der Waals surface area contributed by atoms with Crippen LogP contribution in [-0.4, -0.2) is 10.1 Å². The first kappa shape index (κ1) is 7.76. The van der Waals surface area contributed by atoms with Crippen molar-refractivity contribution in [2.75, 3.05) is 0 Å². The van der Waals surface area contributed by atoms with Gasteiger partial charge in [0.1, 0.15) is 0 Å². The van der Waals surface area contributed by atoms with Crippen LogP contribution in [-0.2, 0) is 0 Å². The number of nitrogens with zero attached hydrogens (tertiary/aromatic N) is 2. The molecule has 4 nitrogen and oxygen atoms in total. The smallest absolute Gasteiger partial charge is 0.244 e. The van der Waals surface area contributed by atoms with Gasteiger partial charge < -0.3 is 10.3 Å². The molecule has 0 aliphatic carbocycles. The van der Waals surface area contributed by atoms with Gasteiger partial charge in [0.25, 0.3) is 0 Å². The summed E-state index contributed by atoms with van der Waals surface area (Å²) in [5.41, 5.74) is 5.58. The fourth-order valence-electron chi connectivity index (χ4n) is 0.678. The van der Waals surface area contributed by atoms with Gasteiger partial charge in [-0.05, 0) is 6.92 Å². The zero-order chi connectivity index (χ0) is 8.27. The van der Waals surface area contributed by atoms with Crippen LogP contribution in [0.25, 0.3) is 0 Å². The largest absolute Gasteiger partial charge is 0.338 e. The van der Waals surface area contributed by atoms with Crippen LogP contribution in [0.1, 0.15) is 24.2 Å². The summed E-state index contributed by atoms with van der Waals surface area (Å²) in [5, 5.41) is 3.59. The van der Waals surface area contributed by atoms with E-state index in [0.717, 1.165) is 0 Å². The summed E-state index contributed by atoms with van der Waals surface area (Å²) in [6.45, 7) is 1.73. The second-order valence-electron chi connectivity index (χ2n) is 2.19. The summed E-state index contributed by atoms with van der Waals surface area (Å²) >= 11 is 0. The Hall–Kier alpha value is -1.34. The Morgan fingerprint density at radius 3 is 3.00 bits per heavy atom. The van der Waals surface area contributed by atoms with Crippen molar-refractivity contribution in [3.63, 3.8) is 0 Å². The maximum absolute atomic E-state index is 5.58. The van der Waals surface area contributed by atoms with Gasteiger partial charge in [0.15, 0.2) is 5.82 Å². The molecule has 1 rings (SSSR count). The highest BCUT2D eigenvalue weighted by Gasteiger charge is 2.10. The summed E-state index contributed by atoms with van der Waals surface area (Å²) in [7, 11) is 0. The Bertz CT molecular complexity index is 273. The summed E-state index contributed by atoms with van der Waals surface area (Å²) in [6, 6.07) is -0.332. The predicted octanol–water partition coefficient (Wildman–Crippen LogP) is 0.401. The summed E-state index contributed by atoms with van der Waals surface area (Å²) in [5.74, 6) is 3.40. The second-order valence-corrected chi connectivity index (χ2v) is 2.19. The molecule has 1 atom stereocenters. The Balaban J connectivity index is 2.70. The number of aryl methyl sites for hydroxylation is 1. The van der Waals surface area contributed by atoms with E-state index in [1.807, 2.05) is 0 Å². The number of hydrogen-bond donors (Lipinski definition) is 1. The van der Waals surface area contributed by atoms with E-state index >= 15 is 0 Å². The van der Waals surface area contributed by atoms with Gasteiger partial charge in [0.2, 0.25) is 5.89 Å². The van der Waals surface area contributed by atoms with Crippen molar-refractivity contribution in [3.8, 4) is 12.3 Å². The molecule has 0 aliphatic heterocycles. The van der Waals surface area contributed by atoms with Crippen molar-refractivity contribution in [1.82, 2.24) is 10.1 Å². The average Bonchev–Trinajstić information content (AvgIpc) is 2.36. The van der Waals surface area contributed by atoms with Crippen LogP contribution in [0.3, 0.4) is 0 Å². The molecular formula is C7H9N3O. The SMILES string of the molecule is C#CCC(N)c1nc(C)no1. The molecule has 0 amide bonds. The molecule has 1 aromatic heterocycles. The fourth-order valence-corrected chi connectivity index (χ4v) is 0.678. The molecule has 58 valence electrons. The molecule has 1 unspecified atom stereocenters. The first-order valence-electron chi connectivity index (χ1n) is 3.23. The van der Waals surface area contributed by atoms with Gasteiger partial charge >= 0.3 is 0 Å². The first-order valence-corrected chi connectivity index (χ1v) is 3.23. The molecule has 0 saturated heterocycles. The molecule has 0 saturated carbocycles. The van der Waals surface area contributed by atoms with Gasteiger partial charge in [-0.1, -0.05) is 5.16 Å². The normalized spacial score (nSPS) is 12.5. The zero-order valence-corrected chi connectivity index (χ0v) is 6.24. The van der Waals surface area contributed by atoms with Gasteiger partial charge in [0.05, 0.1) is 6.04 Å². The van der Waals surface area contributed by atoms with Gasteiger partial charge in [0, 0.05) is 6.42 Å². The highest BCUT2D eigenvalue weighted by atomic mass is 16.5. The monoisotopic (exact) mass is 151 g/mol. The van der Waals surface area contributed by atoms with Crippen molar-refractivity contribution in [2.24, 2.45) is 5.73 Å². The van der Waals surface area contributed by atoms with Crippen molar-refractivity contribution < 1.29 is 4.52 Å².